The van der Waals surface area contributed by atoms with Crippen molar-refractivity contribution in [1.82, 2.24) is 5.59 Å². The van der Waals surface area contributed by atoms with Gasteiger partial charge in [-0.3, -0.25) is 4.79 Å². The topological polar surface area (TPSA) is 58.4 Å². The first-order chi connectivity index (χ1) is 4.70. The predicted octanol–water partition coefficient (Wildman–Crippen LogP) is -0.361. The van der Waals surface area contributed by atoms with Gasteiger partial charge in [-0.1, -0.05) is 0 Å². The van der Waals surface area contributed by atoms with Crippen molar-refractivity contribution >= 4 is 17.4 Å². The lowest BCUT2D eigenvalue weighted by Gasteiger charge is -1.89. The molecule has 0 aromatic rings. The Balaban J connectivity index is 3.47. The van der Waals surface area contributed by atoms with E-state index in [0.717, 1.165) is 0 Å². The number of carbonyl (C=O) groups excluding carboxylic acids is 1. The van der Waals surface area contributed by atoms with E-state index in [1.54, 1.807) is 0 Å². The molecule has 0 rings (SSSR count). The van der Waals surface area contributed by atoms with Gasteiger partial charge in [0.15, 0.2) is 0 Å². The number of Topliss-reactive ketones (excluding diaryl/α,β-unsaturated/α-hetero) is 1. The van der Waals surface area contributed by atoms with Crippen molar-refractivity contribution in [1.29, 1.82) is 0 Å². The molecule has 58 valence electrons. The van der Waals surface area contributed by atoms with E-state index < -0.39 is 0 Å². The van der Waals surface area contributed by atoms with Crippen LogP contribution in [-0.4, -0.2) is 30.2 Å². The van der Waals surface area contributed by atoms with Crippen LogP contribution in [0.3, 0.4) is 0 Å². The van der Waals surface area contributed by atoms with Gasteiger partial charge in [0.05, 0.1) is 17.9 Å². The molecule has 5 nitrogen and oxygen atoms in total. The summed E-state index contributed by atoms with van der Waals surface area (Å²) in [6, 6.07) is 0. The molecule has 0 saturated heterocycles. The van der Waals surface area contributed by atoms with Crippen LogP contribution in [-0.2, 0) is 9.63 Å². The molecule has 0 radical (unpaired) electrons. The minimum atomic E-state index is -0.360. The normalized spacial score (nSPS) is 9.00. The van der Waals surface area contributed by atoms with Crippen molar-refractivity contribution < 1.29 is 14.5 Å². The van der Waals surface area contributed by atoms with Gasteiger partial charge in [0, 0.05) is 0 Å². The fourth-order valence-corrected chi connectivity index (χ4v) is 0.421. The Labute approximate surface area is 62.8 Å². The molecule has 6 heteroatoms. The number of hydrogen-bond acceptors (Lipinski definition) is 3. The number of ketones is 1. The molecular formula is C4H8ClN2O3+. The van der Waals surface area contributed by atoms with Crippen LogP contribution in [0.15, 0.2) is 0 Å². The molecule has 0 spiro atoms. The van der Waals surface area contributed by atoms with E-state index in [0.29, 0.717) is 0 Å². The van der Waals surface area contributed by atoms with E-state index in [9.17, 15) is 9.70 Å². The Morgan fingerprint density at radius 3 is 2.80 bits per heavy atom. The van der Waals surface area contributed by atoms with Crippen LogP contribution in [0.2, 0.25) is 0 Å². The lowest BCUT2D eigenvalue weighted by Crippen LogP contribution is -2.30. The number of alkyl halides is 1. The molecular weight excluding hydrogens is 160 g/mol. The molecule has 0 fully saturated rings. The Morgan fingerprint density at radius 2 is 2.40 bits per heavy atom. The molecule has 0 atom stereocenters. The number of rotatable bonds is 5. The number of hydrazine groups is 1. The van der Waals surface area contributed by atoms with Gasteiger partial charge in [0.2, 0.25) is 5.78 Å². The van der Waals surface area contributed by atoms with E-state index in [-0.39, 0.29) is 23.1 Å². The lowest BCUT2D eigenvalue weighted by molar-refractivity contribution is -0.648. The second-order valence-corrected chi connectivity index (χ2v) is 1.77. The first-order valence-corrected chi connectivity index (χ1v) is 3.05. The van der Waals surface area contributed by atoms with Crippen molar-refractivity contribution in [3.63, 3.8) is 0 Å². The monoisotopic (exact) mass is 167 g/mol. The fraction of sp³-hybridized carbons (Fsp3) is 0.750. The molecule has 1 N–H and O–H groups in total. The lowest BCUT2D eigenvalue weighted by atomic mass is 10.5. The summed E-state index contributed by atoms with van der Waals surface area (Å²) < 4.78 is 0. The van der Waals surface area contributed by atoms with E-state index in [1.165, 1.54) is 7.11 Å². The Kier molecular flexibility index (Phi) is 4.78. The molecule has 0 saturated carbocycles. The molecule has 0 aliphatic carbocycles. The number of nitrogens with zero attached hydrogens (tertiary/aromatic N) is 1. The molecule has 0 heterocycles. The van der Waals surface area contributed by atoms with Crippen molar-refractivity contribution in [2.24, 2.45) is 0 Å². The quantitative estimate of drug-likeness (QED) is 0.345. The summed E-state index contributed by atoms with van der Waals surface area (Å²) >= 11 is 5.11. The molecule has 0 aromatic carbocycles. The number of hydrogen-bond donors (Lipinski definition) is 1. The maximum absolute atomic E-state index is 10.4. The van der Waals surface area contributed by atoms with Crippen LogP contribution < -0.4 is 5.59 Å². The summed E-state index contributed by atoms with van der Waals surface area (Å²) in [5, 5.41) is 0. The van der Waals surface area contributed by atoms with E-state index >= 15 is 0 Å². The summed E-state index contributed by atoms with van der Waals surface area (Å²) in [5.74, 6) is -0.523. The first-order valence-electron chi connectivity index (χ1n) is 2.51. The highest BCUT2D eigenvalue weighted by atomic mass is 35.5. The minimum Gasteiger partial charge on any atom is -0.291 e. The van der Waals surface area contributed by atoms with Gasteiger partial charge in [-0.05, 0) is 5.59 Å². The standard InChI is InChI=1S/C4H8ClN2O3/c1-10-6-7(9)3-4(8)2-5/h2-3H2,1H3,(H,6,9)/q+1. The smallest absolute Gasteiger partial charge is 0.286 e. The third-order valence-corrected chi connectivity index (χ3v) is 0.960. The fourth-order valence-electron chi connectivity index (χ4n) is 0.337. The van der Waals surface area contributed by atoms with E-state index in [1.807, 2.05) is 5.59 Å². The van der Waals surface area contributed by atoms with Gasteiger partial charge < -0.3 is 0 Å². The van der Waals surface area contributed by atoms with Crippen LogP contribution >= 0.6 is 11.6 Å². The SMILES string of the molecule is CON[N+](=O)CC(=O)CCl. The van der Waals surface area contributed by atoms with Crippen LogP contribution in [0.25, 0.3) is 0 Å². The number of carbonyl (C=O) groups is 1. The van der Waals surface area contributed by atoms with Crippen LogP contribution in [0.5, 0.6) is 0 Å². The second kappa shape index (κ2) is 5.13. The van der Waals surface area contributed by atoms with Gasteiger partial charge >= 0.3 is 0 Å². The maximum atomic E-state index is 10.4. The van der Waals surface area contributed by atoms with Crippen molar-refractivity contribution in [3.8, 4) is 0 Å². The average Bonchev–Trinajstić information content (AvgIpc) is 1.88. The van der Waals surface area contributed by atoms with Crippen LogP contribution in [0, 0.1) is 4.91 Å². The summed E-state index contributed by atoms with van der Waals surface area (Å²) in [6.07, 6.45) is 0. The Morgan fingerprint density at radius 1 is 1.80 bits per heavy atom. The van der Waals surface area contributed by atoms with Crippen molar-refractivity contribution in [2.75, 3.05) is 19.5 Å². The average molecular weight is 168 g/mol. The van der Waals surface area contributed by atoms with Gasteiger partial charge in [0.1, 0.15) is 4.87 Å². The minimum absolute atomic E-state index is 0.163. The predicted molar refractivity (Wildman–Crippen MR) is 34.4 cm³/mol. The van der Waals surface area contributed by atoms with E-state index in [4.69, 9.17) is 11.6 Å². The highest BCUT2D eigenvalue weighted by Crippen LogP contribution is 1.78. The van der Waals surface area contributed by atoms with E-state index in [2.05, 4.69) is 4.84 Å². The molecule has 0 aliphatic heterocycles. The number of halogens is 1. The number of nitrogens with one attached hydrogen (secondary N) is 1. The zero-order valence-corrected chi connectivity index (χ0v) is 6.22. The summed E-state index contributed by atoms with van der Waals surface area (Å²) in [7, 11) is 1.27. The van der Waals surface area contributed by atoms with Gasteiger partial charge in [-0.25, -0.2) is 4.84 Å². The highest BCUT2D eigenvalue weighted by molar-refractivity contribution is 6.27. The van der Waals surface area contributed by atoms with Crippen LogP contribution in [0.4, 0.5) is 0 Å². The molecule has 0 unspecified atom stereocenters. The highest BCUT2D eigenvalue weighted by Gasteiger charge is 2.13. The molecule has 0 amide bonds. The zero-order valence-electron chi connectivity index (χ0n) is 5.46. The largest absolute Gasteiger partial charge is 0.291 e. The Bertz CT molecular complexity index is 138. The summed E-state index contributed by atoms with van der Waals surface area (Å²) in [4.78, 5) is 25.3. The zero-order chi connectivity index (χ0) is 7.98. The molecule has 0 aromatic heterocycles. The van der Waals surface area contributed by atoms with Gasteiger partial charge in [0.25, 0.3) is 6.54 Å². The third-order valence-electron chi connectivity index (χ3n) is 0.662. The second-order valence-electron chi connectivity index (χ2n) is 1.50. The number of nitroso groups, excluding NO2 is 1. The van der Waals surface area contributed by atoms with Gasteiger partial charge in [-0.15, -0.1) is 11.6 Å². The third kappa shape index (κ3) is 4.22. The molecule has 10 heavy (non-hydrogen) atoms. The molecule has 0 aliphatic rings. The molecule has 0 bridgehead atoms. The van der Waals surface area contributed by atoms with Gasteiger partial charge in [-0.2, -0.15) is 0 Å². The Hall–Kier alpha value is -0.680. The summed E-state index contributed by atoms with van der Waals surface area (Å²) in [5.41, 5.74) is 1.91. The first kappa shape index (κ1) is 9.32. The van der Waals surface area contributed by atoms with Crippen molar-refractivity contribution in [3.05, 3.63) is 4.91 Å². The van der Waals surface area contributed by atoms with Crippen LogP contribution in [0.1, 0.15) is 0 Å². The van der Waals surface area contributed by atoms with Crippen molar-refractivity contribution in [2.45, 2.75) is 0 Å². The summed E-state index contributed by atoms with van der Waals surface area (Å²) in [6.45, 7) is -0.308. The maximum Gasteiger partial charge on any atom is 0.286 e.